The van der Waals surface area contributed by atoms with Crippen LogP contribution in [-0.4, -0.2) is 62.8 Å². The second-order valence-electron chi connectivity index (χ2n) is 15.0. The summed E-state index contributed by atoms with van der Waals surface area (Å²) in [4.78, 5) is 53.7. The van der Waals surface area contributed by atoms with Crippen LogP contribution in [0.3, 0.4) is 0 Å². The first-order valence-corrected chi connectivity index (χ1v) is 20.5. The Kier molecular flexibility index (Phi) is 15.8. The summed E-state index contributed by atoms with van der Waals surface area (Å²) >= 11 is 0. The molecule has 20 heteroatoms. The zero-order chi connectivity index (χ0) is 51.8. The molecule has 0 spiro atoms. The van der Waals surface area contributed by atoms with Crippen LogP contribution in [0.25, 0.3) is 23.3 Å². The number of carbonyl (C=O) groups is 4. The summed E-state index contributed by atoms with van der Waals surface area (Å²) in [6.07, 6.45) is -12.2. The summed E-state index contributed by atoms with van der Waals surface area (Å²) in [5.41, 5.74) is 14.8. The minimum atomic E-state index is -4.74. The zero-order valence-electron chi connectivity index (χ0n) is 37.2. The molecule has 0 bridgehead atoms. The van der Waals surface area contributed by atoms with Crippen molar-refractivity contribution in [3.8, 4) is 45.6 Å². The van der Waals surface area contributed by atoms with Crippen molar-refractivity contribution >= 4 is 47.0 Å². The van der Waals surface area contributed by atoms with E-state index in [1.807, 2.05) is 0 Å². The Hall–Kier alpha value is -8.68. The lowest BCUT2D eigenvalue weighted by molar-refractivity contribution is -0.253. The number of rotatable bonds is 19. The number of nitrogen functional groups attached to an aromatic ring is 2. The lowest BCUT2D eigenvalue weighted by atomic mass is 9.88. The maximum atomic E-state index is 14.1. The fourth-order valence-corrected chi connectivity index (χ4v) is 6.57. The van der Waals surface area contributed by atoms with Crippen LogP contribution in [0.4, 0.5) is 46.5 Å². The van der Waals surface area contributed by atoms with Crippen LogP contribution in [0.5, 0.6) is 34.5 Å². The Morgan fingerprint density at radius 1 is 0.535 bits per heavy atom. The van der Waals surface area contributed by atoms with E-state index in [1.165, 1.54) is 81.0 Å². The number of esters is 2. The van der Waals surface area contributed by atoms with Gasteiger partial charge in [-0.15, -0.1) is 0 Å². The van der Waals surface area contributed by atoms with E-state index >= 15 is 0 Å². The fraction of sp³-hybridized carbons (Fsp3) is 0.137. The Labute approximate surface area is 398 Å². The van der Waals surface area contributed by atoms with Crippen molar-refractivity contribution < 1.29 is 82.7 Å². The first-order valence-electron chi connectivity index (χ1n) is 20.5. The molecule has 0 unspecified atom stereocenters. The Morgan fingerprint density at radius 3 is 1.41 bits per heavy atom. The molecule has 0 radical (unpaired) electrons. The first-order chi connectivity index (χ1) is 33.6. The fourth-order valence-electron chi connectivity index (χ4n) is 6.57. The van der Waals surface area contributed by atoms with Gasteiger partial charge in [0.2, 0.25) is 0 Å². The van der Waals surface area contributed by atoms with Gasteiger partial charge >= 0.3 is 37.0 Å². The molecule has 6 rings (SSSR count). The molecular weight excluding hydrogens is 953 g/mol. The van der Waals surface area contributed by atoms with Crippen molar-refractivity contribution in [3.63, 3.8) is 0 Å². The molecule has 0 saturated carbocycles. The lowest BCUT2D eigenvalue weighted by Crippen LogP contribution is -2.33. The highest BCUT2D eigenvalue weighted by molar-refractivity contribution is 6.16. The number of methoxy groups -OCH3 is 2. The second kappa shape index (κ2) is 21.7. The molecule has 0 heterocycles. The molecule has 0 fully saturated rings. The standard InChI is InChI=1S/C51H38F8N2O10/c1-27-38(61)19-18-36(45(27)40(63)21-5-29-7-23-42(44(25-29)67-3)69-47(65)31-10-15-34(16-11-31)71-51(58,59)49(54)55)35-17-12-32(60)26-37(35)39(62)20-4-28-6-22-41(43(24-28)66-2)68-46(64)30-8-13-33(14-9-30)70-50(56,57)48(52)53/h4-26,48-49H,60-61H2,1-3H3. The van der Waals surface area contributed by atoms with Crippen molar-refractivity contribution in [2.75, 3.05) is 25.7 Å². The Balaban J connectivity index is 1.18. The van der Waals surface area contributed by atoms with Gasteiger partial charge in [-0.05, 0) is 138 Å². The van der Waals surface area contributed by atoms with E-state index in [0.717, 1.165) is 48.5 Å². The first kappa shape index (κ1) is 51.7. The number of allylic oxidation sites excluding steroid dienone is 2. The van der Waals surface area contributed by atoms with Gasteiger partial charge in [-0.2, -0.15) is 35.1 Å². The number of ketones is 2. The number of halogens is 8. The highest BCUT2D eigenvalue weighted by atomic mass is 19.3. The number of carbonyl (C=O) groups excluding carboxylic acids is 4. The summed E-state index contributed by atoms with van der Waals surface area (Å²) < 4.78 is 133. The summed E-state index contributed by atoms with van der Waals surface area (Å²) in [5.74, 6) is -4.16. The zero-order valence-corrected chi connectivity index (χ0v) is 37.2. The number of hydrogen-bond acceptors (Lipinski definition) is 12. The van der Waals surface area contributed by atoms with Gasteiger partial charge in [0.15, 0.2) is 34.6 Å². The second-order valence-corrected chi connectivity index (χ2v) is 15.0. The molecule has 0 amide bonds. The van der Waals surface area contributed by atoms with Gasteiger partial charge in [-0.25, -0.2) is 9.59 Å². The number of alkyl halides is 8. The molecule has 4 N–H and O–H groups in total. The molecular formula is C51H38F8N2O10. The summed E-state index contributed by atoms with van der Waals surface area (Å²) in [6.45, 7) is 1.63. The van der Waals surface area contributed by atoms with Gasteiger partial charge in [-0.1, -0.05) is 36.4 Å². The van der Waals surface area contributed by atoms with Gasteiger partial charge in [0, 0.05) is 22.5 Å². The topological polar surface area (TPSA) is 176 Å². The number of anilines is 2. The molecule has 12 nitrogen and oxygen atoms in total. The van der Waals surface area contributed by atoms with Crippen LogP contribution >= 0.6 is 0 Å². The number of ether oxygens (including phenoxy) is 6. The third-order valence-corrected chi connectivity index (χ3v) is 10.2. The van der Waals surface area contributed by atoms with E-state index < -0.39 is 60.1 Å². The normalized spacial score (nSPS) is 11.8. The molecule has 71 heavy (non-hydrogen) atoms. The number of hydrogen-bond donors (Lipinski definition) is 2. The van der Waals surface area contributed by atoms with Crippen LogP contribution < -0.4 is 39.9 Å². The third kappa shape index (κ3) is 12.5. The van der Waals surface area contributed by atoms with Gasteiger partial charge < -0.3 is 39.9 Å². The van der Waals surface area contributed by atoms with E-state index in [1.54, 1.807) is 31.2 Å². The van der Waals surface area contributed by atoms with Gasteiger partial charge in [0.05, 0.1) is 25.3 Å². The van der Waals surface area contributed by atoms with Gasteiger partial charge in [0.25, 0.3) is 0 Å². The van der Waals surface area contributed by atoms with E-state index in [0.29, 0.717) is 27.8 Å². The van der Waals surface area contributed by atoms with Crippen molar-refractivity contribution in [1.29, 1.82) is 0 Å². The predicted molar refractivity (Wildman–Crippen MR) is 244 cm³/mol. The third-order valence-electron chi connectivity index (χ3n) is 10.2. The van der Waals surface area contributed by atoms with Gasteiger partial charge in [0.1, 0.15) is 11.5 Å². The molecule has 6 aromatic rings. The molecule has 6 aromatic carbocycles. The SMILES string of the molecule is COc1cc(C=CC(=O)c2cc(N)ccc2-c2ccc(N)c(C)c2C(=O)C=Cc2ccc(OC(=O)c3ccc(OC(F)(F)C(F)F)cc3)c(OC)c2)ccc1OC(=O)c1ccc(OC(F)(F)C(F)F)cc1. The monoisotopic (exact) mass is 990 g/mol. The van der Waals surface area contributed by atoms with Crippen LogP contribution in [-0.2, 0) is 0 Å². The van der Waals surface area contributed by atoms with Crippen molar-refractivity contribution in [2.45, 2.75) is 32.0 Å². The molecule has 0 atom stereocenters. The minimum Gasteiger partial charge on any atom is -0.493 e. The van der Waals surface area contributed by atoms with E-state index in [2.05, 4.69) is 9.47 Å². The molecule has 0 aliphatic carbocycles. The van der Waals surface area contributed by atoms with E-state index in [4.69, 9.17) is 30.4 Å². The average Bonchev–Trinajstić information content (AvgIpc) is 3.33. The quantitative estimate of drug-likeness (QED) is 0.0196. The smallest absolute Gasteiger partial charge is 0.461 e. The predicted octanol–water partition coefficient (Wildman–Crippen LogP) is 11.5. The van der Waals surface area contributed by atoms with E-state index in [-0.39, 0.29) is 56.6 Å². The minimum absolute atomic E-state index is 0.0583. The maximum Gasteiger partial charge on any atom is 0.461 e. The summed E-state index contributed by atoms with van der Waals surface area (Å²) in [6, 6.07) is 24.1. The van der Waals surface area contributed by atoms with Crippen LogP contribution in [0.2, 0.25) is 0 Å². The summed E-state index contributed by atoms with van der Waals surface area (Å²) in [7, 11) is 2.58. The van der Waals surface area contributed by atoms with Crippen molar-refractivity contribution in [3.05, 3.63) is 166 Å². The average molecular weight is 991 g/mol. The number of nitrogens with two attached hydrogens (primary N) is 2. The number of benzene rings is 6. The molecule has 0 saturated heterocycles. The van der Waals surface area contributed by atoms with Gasteiger partial charge in [-0.3, -0.25) is 9.59 Å². The summed E-state index contributed by atoms with van der Waals surface area (Å²) in [5, 5.41) is 0. The highest BCUT2D eigenvalue weighted by Crippen LogP contribution is 2.36. The van der Waals surface area contributed by atoms with Crippen molar-refractivity contribution in [1.82, 2.24) is 0 Å². The molecule has 0 aliphatic rings. The van der Waals surface area contributed by atoms with Crippen LogP contribution in [0.15, 0.2) is 127 Å². The highest BCUT2D eigenvalue weighted by Gasteiger charge is 2.44. The van der Waals surface area contributed by atoms with Crippen LogP contribution in [0, 0.1) is 6.92 Å². The Morgan fingerprint density at radius 2 is 0.972 bits per heavy atom. The lowest BCUT2D eigenvalue weighted by Gasteiger charge is -2.16. The molecule has 368 valence electrons. The molecule has 0 aliphatic heterocycles. The van der Waals surface area contributed by atoms with Crippen molar-refractivity contribution in [2.24, 2.45) is 0 Å². The maximum absolute atomic E-state index is 14.1. The van der Waals surface area contributed by atoms with E-state index in [9.17, 15) is 54.3 Å². The van der Waals surface area contributed by atoms with Crippen LogP contribution in [0.1, 0.15) is 58.1 Å². The largest absolute Gasteiger partial charge is 0.493 e. The Bertz CT molecular complexity index is 3030. The molecule has 0 aromatic heterocycles.